The molecule has 3 rings (SSSR count). The predicted octanol–water partition coefficient (Wildman–Crippen LogP) is 1.62. The Morgan fingerprint density at radius 2 is 2.25 bits per heavy atom. The Bertz CT molecular complexity index is 543. The fourth-order valence-corrected chi connectivity index (χ4v) is 2.89. The molecule has 0 spiro atoms. The molecule has 2 unspecified atom stereocenters. The fraction of sp³-hybridized carbons (Fsp3) is 0.533. The molecule has 2 atom stereocenters. The van der Waals surface area contributed by atoms with E-state index < -0.39 is 11.7 Å². The molecule has 0 radical (unpaired) electrons. The summed E-state index contributed by atoms with van der Waals surface area (Å²) >= 11 is 0. The Morgan fingerprint density at radius 1 is 1.50 bits per heavy atom. The van der Waals surface area contributed by atoms with E-state index in [9.17, 15) is 9.18 Å². The molecule has 0 saturated heterocycles. The molecule has 108 valence electrons. The van der Waals surface area contributed by atoms with Crippen LogP contribution in [0.1, 0.15) is 35.7 Å². The zero-order chi connectivity index (χ0) is 14.3. The molecule has 1 aromatic rings. The molecule has 1 saturated carbocycles. The number of halogens is 1. The van der Waals surface area contributed by atoms with Gasteiger partial charge in [0.25, 0.3) is 0 Å². The summed E-state index contributed by atoms with van der Waals surface area (Å²) in [6.45, 7) is 2.58. The molecular weight excluding hydrogens is 259 g/mol. The first kappa shape index (κ1) is 13.4. The lowest BCUT2D eigenvalue weighted by atomic mass is 9.96. The zero-order valence-corrected chi connectivity index (χ0v) is 11.5. The van der Waals surface area contributed by atoms with Crippen LogP contribution >= 0.6 is 0 Å². The molecule has 20 heavy (non-hydrogen) atoms. The van der Waals surface area contributed by atoms with Gasteiger partial charge >= 0.3 is 0 Å². The van der Waals surface area contributed by atoms with Gasteiger partial charge in [-0.2, -0.15) is 0 Å². The van der Waals surface area contributed by atoms with Crippen molar-refractivity contribution >= 4 is 5.91 Å². The lowest BCUT2D eigenvalue weighted by Gasteiger charge is -2.30. The molecule has 3 N–H and O–H groups in total. The molecule has 0 bridgehead atoms. The van der Waals surface area contributed by atoms with Crippen LogP contribution in [0.15, 0.2) is 12.1 Å². The van der Waals surface area contributed by atoms with Gasteiger partial charge in [0.05, 0.1) is 0 Å². The Kier molecular flexibility index (Phi) is 3.38. The number of hydrogen-bond donors (Lipinski definition) is 2. The average molecular weight is 278 g/mol. The number of rotatable bonds is 4. The first-order valence-corrected chi connectivity index (χ1v) is 7.06. The third kappa shape index (κ3) is 2.50. The molecule has 0 aromatic heterocycles. The second-order valence-corrected chi connectivity index (χ2v) is 5.77. The summed E-state index contributed by atoms with van der Waals surface area (Å²) < 4.78 is 19.3. The number of ether oxygens (including phenoxy) is 1. The van der Waals surface area contributed by atoms with Gasteiger partial charge in [0.1, 0.15) is 6.61 Å². The van der Waals surface area contributed by atoms with E-state index in [-0.39, 0.29) is 11.8 Å². The lowest BCUT2D eigenvalue weighted by Crippen LogP contribution is -2.45. The van der Waals surface area contributed by atoms with E-state index >= 15 is 0 Å². The quantitative estimate of drug-likeness (QED) is 0.879. The highest BCUT2D eigenvalue weighted by Gasteiger charge is 2.32. The van der Waals surface area contributed by atoms with Gasteiger partial charge in [0, 0.05) is 23.2 Å². The highest BCUT2D eigenvalue weighted by atomic mass is 19.1. The second kappa shape index (κ2) is 5.05. The maximum Gasteiger partial charge on any atom is 0.249 e. The molecule has 1 heterocycles. The highest BCUT2D eigenvalue weighted by Crippen LogP contribution is 2.34. The molecule has 1 fully saturated rings. The number of benzene rings is 1. The molecule has 1 aliphatic carbocycles. The SMILES string of the molecule is CC(NC1COc2c(F)ccc(C(N)=O)c2C1)C1CC1. The maximum absolute atomic E-state index is 13.7. The average Bonchev–Trinajstić information content (AvgIpc) is 3.22. The highest BCUT2D eigenvalue weighted by molar-refractivity contribution is 5.95. The zero-order valence-electron chi connectivity index (χ0n) is 11.5. The van der Waals surface area contributed by atoms with Gasteiger partial charge < -0.3 is 15.8 Å². The lowest BCUT2D eigenvalue weighted by molar-refractivity contribution is 0.0997. The Balaban J connectivity index is 1.81. The third-order valence-electron chi connectivity index (χ3n) is 4.18. The number of primary amides is 1. The summed E-state index contributed by atoms with van der Waals surface area (Å²) in [5.74, 6) is -0.0580. The van der Waals surface area contributed by atoms with Crippen LogP contribution < -0.4 is 15.8 Å². The first-order valence-electron chi connectivity index (χ1n) is 7.06. The van der Waals surface area contributed by atoms with Crippen LogP contribution in [-0.2, 0) is 6.42 Å². The van der Waals surface area contributed by atoms with Gasteiger partial charge in [-0.3, -0.25) is 4.79 Å². The van der Waals surface area contributed by atoms with E-state index in [2.05, 4.69) is 12.2 Å². The van der Waals surface area contributed by atoms with Crippen LogP contribution in [0, 0.1) is 11.7 Å². The summed E-state index contributed by atoms with van der Waals surface area (Å²) in [5, 5.41) is 3.51. The Morgan fingerprint density at radius 3 is 2.90 bits per heavy atom. The summed E-state index contributed by atoms with van der Waals surface area (Å²) in [6, 6.07) is 3.19. The van der Waals surface area contributed by atoms with E-state index in [1.807, 2.05) is 0 Å². The van der Waals surface area contributed by atoms with Crippen molar-refractivity contribution in [2.75, 3.05) is 6.61 Å². The van der Waals surface area contributed by atoms with Gasteiger partial charge in [-0.15, -0.1) is 0 Å². The molecule has 2 aliphatic rings. The predicted molar refractivity (Wildman–Crippen MR) is 73.2 cm³/mol. The van der Waals surface area contributed by atoms with Crippen molar-refractivity contribution in [3.8, 4) is 5.75 Å². The van der Waals surface area contributed by atoms with Crippen LogP contribution in [0.4, 0.5) is 4.39 Å². The van der Waals surface area contributed by atoms with E-state index in [0.29, 0.717) is 30.2 Å². The van der Waals surface area contributed by atoms with Gasteiger partial charge in [0.2, 0.25) is 5.91 Å². The van der Waals surface area contributed by atoms with Crippen molar-refractivity contribution in [3.05, 3.63) is 29.1 Å². The Hall–Kier alpha value is -1.62. The smallest absolute Gasteiger partial charge is 0.249 e. The number of nitrogens with two attached hydrogens (primary N) is 1. The molecule has 5 heteroatoms. The third-order valence-corrected chi connectivity index (χ3v) is 4.18. The fourth-order valence-electron chi connectivity index (χ4n) is 2.89. The van der Waals surface area contributed by atoms with Crippen molar-refractivity contribution in [2.24, 2.45) is 11.7 Å². The van der Waals surface area contributed by atoms with Crippen molar-refractivity contribution < 1.29 is 13.9 Å². The van der Waals surface area contributed by atoms with Crippen molar-refractivity contribution in [3.63, 3.8) is 0 Å². The van der Waals surface area contributed by atoms with Gasteiger partial charge in [-0.05, 0) is 44.2 Å². The topological polar surface area (TPSA) is 64.3 Å². The van der Waals surface area contributed by atoms with Crippen LogP contribution in [0.5, 0.6) is 5.75 Å². The van der Waals surface area contributed by atoms with E-state index in [1.165, 1.54) is 25.0 Å². The van der Waals surface area contributed by atoms with Crippen LogP contribution in [0.2, 0.25) is 0 Å². The largest absolute Gasteiger partial charge is 0.489 e. The van der Waals surface area contributed by atoms with Crippen LogP contribution in [-0.4, -0.2) is 24.6 Å². The van der Waals surface area contributed by atoms with E-state index in [4.69, 9.17) is 10.5 Å². The van der Waals surface area contributed by atoms with Gasteiger partial charge in [-0.25, -0.2) is 4.39 Å². The van der Waals surface area contributed by atoms with Crippen LogP contribution in [0.3, 0.4) is 0 Å². The number of hydrogen-bond acceptors (Lipinski definition) is 3. The first-order chi connectivity index (χ1) is 9.56. The van der Waals surface area contributed by atoms with Crippen molar-refractivity contribution in [1.29, 1.82) is 0 Å². The van der Waals surface area contributed by atoms with Gasteiger partial charge in [-0.1, -0.05) is 0 Å². The minimum atomic E-state index is -0.541. The Labute approximate surface area is 117 Å². The molecule has 4 nitrogen and oxygen atoms in total. The van der Waals surface area contributed by atoms with Gasteiger partial charge in [0.15, 0.2) is 11.6 Å². The normalized spacial score (nSPS) is 22.8. The van der Waals surface area contributed by atoms with Crippen molar-refractivity contribution in [1.82, 2.24) is 5.32 Å². The minimum absolute atomic E-state index is 0.0954. The summed E-state index contributed by atoms with van der Waals surface area (Å²) in [4.78, 5) is 11.5. The molecule has 1 aliphatic heterocycles. The molecule has 1 aromatic carbocycles. The summed E-state index contributed by atoms with van der Waals surface area (Å²) in [6.07, 6.45) is 3.10. The number of fused-ring (bicyclic) bond motifs is 1. The standard InChI is InChI=1S/C15H19FN2O2/c1-8(9-2-3-9)18-10-6-12-11(15(17)19)4-5-13(16)14(12)20-7-10/h4-5,8-10,18H,2-3,6-7H2,1H3,(H2,17,19). The number of carbonyl (C=O) groups excluding carboxylic acids is 1. The summed E-state index contributed by atoms with van der Waals surface area (Å²) in [7, 11) is 0. The maximum atomic E-state index is 13.7. The number of carbonyl (C=O) groups is 1. The van der Waals surface area contributed by atoms with Crippen LogP contribution in [0.25, 0.3) is 0 Å². The van der Waals surface area contributed by atoms with Crippen molar-refractivity contribution in [2.45, 2.75) is 38.3 Å². The minimum Gasteiger partial charge on any atom is -0.489 e. The monoisotopic (exact) mass is 278 g/mol. The second-order valence-electron chi connectivity index (χ2n) is 5.77. The number of amides is 1. The molecular formula is C15H19FN2O2. The molecule has 1 amide bonds. The van der Waals surface area contributed by atoms with E-state index in [1.54, 1.807) is 0 Å². The summed E-state index contributed by atoms with van der Waals surface area (Å²) in [5.41, 5.74) is 6.30. The van der Waals surface area contributed by atoms with E-state index in [0.717, 1.165) is 5.92 Å². The number of nitrogens with one attached hydrogen (secondary N) is 1.